The average Bonchev–Trinajstić information content (AvgIpc) is 3.23. The van der Waals surface area contributed by atoms with E-state index in [2.05, 4.69) is 59.3 Å². The highest BCUT2D eigenvalue weighted by molar-refractivity contribution is 7.10. The van der Waals surface area contributed by atoms with Crippen molar-refractivity contribution in [3.63, 3.8) is 0 Å². The number of rotatable bonds is 6. The highest BCUT2D eigenvalue weighted by Crippen LogP contribution is 2.27. The normalized spacial score (nSPS) is 17.3. The molecule has 5 heteroatoms. The fourth-order valence-electron chi connectivity index (χ4n) is 3.57. The van der Waals surface area contributed by atoms with Gasteiger partial charge in [0.05, 0.1) is 5.69 Å². The molecule has 3 heterocycles. The number of aryl methyl sites for hydroxylation is 2. The van der Waals surface area contributed by atoms with E-state index in [9.17, 15) is 0 Å². The van der Waals surface area contributed by atoms with Crippen LogP contribution in [0.4, 0.5) is 0 Å². The molecule has 1 fully saturated rings. The Bertz CT molecular complexity index is 620. The number of hydrogen-bond acceptors (Lipinski definition) is 4. The number of thiophene rings is 1. The molecule has 4 nitrogen and oxygen atoms in total. The molecular weight excluding hydrogens is 304 g/mol. The highest BCUT2D eigenvalue weighted by Gasteiger charge is 2.19. The van der Waals surface area contributed by atoms with Crippen molar-refractivity contribution >= 4 is 11.3 Å². The molecule has 1 aliphatic heterocycles. The molecule has 1 saturated heterocycles. The molecule has 0 radical (unpaired) electrons. The molecule has 1 N–H and O–H groups in total. The summed E-state index contributed by atoms with van der Waals surface area (Å²) in [4.78, 5) is 6.43. The van der Waals surface area contributed by atoms with E-state index in [1.165, 1.54) is 47.6 Å². The van der Waals surface area contributed by atoms with E-state index in [1.54, 1.807) is 0 Å². The second-order valence-corrected chi connectivity index (χ2v) is 7.84. The lowest BCUT2D eigenvalue weighted by atomic mass is 10.1. The summed E-state index contributed by atoms with van der Waals surface area (Å²) in [5, 5.41) is 9.77. The topological polar surface area (TPSA) is 35.2 Å². The summed E-state index contributed by atoms with van der Waals surface area (Å²) in [6.45, 7) is 11.1. The van der Waals surface area contributed by atoms with Gasteiger partial charge in [-0.2, -0.15) is 5.10 Å². The van der Waals surface area contributed by atoms with Crippen LogP contribution in [0.5, 0.6) is 0 Å². The van der Waals surface area contributed by atoms with Crippen LogP contribution in [0.25, 0.3) is 0 Å². The molecule has 126 valence electrons. The summed E-state index contributed by atoms with van der Waals surface area (Å²) in [6, 6.07) is 2.76. The Morgan fingerprint density at radius 2 is 2.09 bits per heavy atom. The van der Waals surface area contributed by atoms with E-state index in [0.29, 0.717) is 6.04 Å². The predicted molar refractivity (Wildman–Crippen MR) is 96.8 cm³/mol. The minimum atomic E-state index is 0.373. The summed E-state index contributed by atoms with van der Waals surface area (Å²) >= 11 is 1.89. The Morgan fingerprint density at radius 1 is 1.35 bits per heavy atom. The molecule has 0 bridgehead atoms. The molecule has 0 unspecified atom stereocenters. The van der Waals surface area contributed by atoms with Crippen LogP contribution in [0.3, 0.4) is 0 Å². The van der Waals surface area contributed by atoms with Gasteiger partial charge in [-0.1, -0.05) is 0 Å². The molecular formula is C18H28N4S. The zero-order chi connectivity index (χ0) is 16.4. The Hall–Kier alpha value is -1.17. The second kappa shape index (κ2) is 7.16. The number of aromatic nitrogens is 2. The number of H-pyrrole nitrogens is 1. The van der Waals surface area contributed by atoms with E-state index >= 15 is 0 Å². The second-order valence-electron chi connectivity index (χ2n) is 6.84. The van der Waals surface area contributed by atoms with Gasteiger partial charge in [0.15, 0.2) is 0 Å². The Balaban J connectivity index is 1.61. The minimum Gasteiger partial charge on any atom is -0.299 e. The maximum Gasteiger partial charge on any atom is 0.0641 e. The van der Waals surface area contributed by atoms with Crippen LogP contribution in [-0.2, 0) is 13.1 Å². The Labute approximate surface area is 143 Å². The molecule has 23 heavy (non-hydrogen) atoms. The van der Waals surface area contributed by atoms with Gasteiger partial charge in [-0.3, -0.25) is 14.9 Å². The molecule has 1 atom stereocenters. The first kappa shape index (κ1) is 16.7. The lowest BCUT2D eigenvalue weighted by Crippen LogP contribution is -2.22. The van der Waals surface area contributed by atoms with Crippen LogP contribution in [0, 0.1) is 13.8 Å². The van der Waals surface area contributed by atoms with Gasteiger partial charge in [0.2, 0.25) is 0 Å². The van der Waals surface area contributed by atoms with Crippen molar-refractivity contribution in [2.24, 2.45) is 0 Å². The van der Waals surface area contributed by atoms with Crippen molar-refractivity contribution in [1.82, 2.24) is 20.0 Å². The third-order valence-corrected chi connectivity index (χ3v) is 5.95. The maximum atomic E-state index is 4.33. The average molecular weight is 333 g/mol. The molecule has 0 spiro atoms. The van der Waals surface area contributed by atoms with Gasteiger partial charge >= 0.3 is 0 Å². The quantitative estimate of drug-likeness (QED) is 0.872. The lowest BCUT2D eigenvalue weighted by molar-refractivity contribution is 0.254. The third-order valence-electron chi connectivity index (χ3n) is 4.98. The summed E-state index contributed by atoms with van der Waals surface area (Å²) in [5.74, 6) is 0. The number of hydrogen-bond donors (Lipinski definition) is 1. The van der Waals surface area contributed by atoms with Gasteiger partial charge in [-0.25, -0.2) is 0 Å². The van der Waals surface area contributed by atoms with Gasteiger partial charge in [0, 0.05) is 35.3 Å². The summed E-state index contributed by atoms with van der Waals surface area (Å²) in [7, 11) is 2.20. The zero-order valence-electron chi connectivity index (χ0n) is 14.7. The molecule has 1 aliphatic rings. The van der Waals surface area contributed by atoms with Crippen LogP contribution in [-0.4, -0.2) is 40.1 Å². The predicted octanol–water partition coefficient (Wildman–Crippen LogP) is 3.88. The first-order valence-corrected chi connectivity index (χ1v) is 9.43. The smallest absolute Gasteiger partial charge is 0.0641 e. The number of aromatic amines is 1. The van der Waals surface area contributed by atoms with Crippen molar-refractivity contribution in [3.05, 3.63) is 38.8 Å². The third kappa shape index (κ3) is 3.84. The van der Waals surface area contributed by atoms with E-state index in [1.807, 2.05) is 11.3 Å². The summed E-state index contributed by atoms with van der Waals surface area (Å²) < 4.78 is 0. The van der Waals surface area contributed by atoms with Gasteiger partial charge in [-0.15, -0.1) is 11.3 Å². The molecule has 0 amide bonds. The van der Waals surface area contributed by atoms with Gasteiger partial charge in [-0.05, 0) is 70.8 Å². The van der Waals surface area contributed by atoms with Crippen molar-refractivity contribution in [3.8, 4) is 0 Å². The maximum absolute atomic E-state index is 4.33. The number of nitrogens with one attached hydrogen (secondary N) is 1. The minimum absolute atomic E-state index is 0.373. The van der Waals surface area contributed by atoms with Crippen molar-refractivity contribution in [2.45, 2.75) is 52.7 Å². The standard InChI is InChI=1S/C18H28N4S/c1-13-18(14(2)20-19-13)15(3)21(4)11-17-9-16(12-23-17)10-22-7-5-6-8-22/h9,12,15H,5-8,10-11H2,1-4H3,(H,19,20)/t15-/m1/s1. The largest absolute Gasteiger partial charge is 0.299 e. The number of likely N-dealkylation sites (tertiary alicyclic amines) is 1. The monoisotopic (exact) mass is 332 g/mol. The molecule has 2 aromatic heterocycles. The van der Waals surface area contributed by atoms with Gasteiger partial charge in [0.1, 0.15) is 0 Å². The Morgan fingerprint density at radius 3 is 2.74 bits per heavy atom. The van der Waals surface area contributed by atoms with Crippen LogP contribution in [0.2, 0.25) is 0 Å². The van der Waals surface area contributed by atoms with Crippen LogP contribution in [0.15, 0.2) is 11.4 Å². The molecule has 0 aromatic carbocycles. The van der Waals surface area contributed by atoms with E-state index < -0.39 is 0 Å². The van der Waals surface area contributed by atoms with E-state index in [4.69, 9.17) is 0 Å². The van der Waals surface area contributed by atoms with Crippen molar-refractivity contribution < 1.29 is 0 Å². The SMILES string of the molecule is Cc1n[nH]c(C)c1[C@@H](C)N(C)Cc1cc(CN2CCCC2)cs1. The van der Waals surface area contributed by atoms with Gasteiger partial charge in [0.25, 0.3) is 0 Å². The zero-order valence-corrected chi connectivity index (χ0v) is 15.5. The first-order chi connectivity index (χ1) is 11.0. The summed E-state index contributed by atoms with van der Waals surface area (Å²) in [5.41, 5.74) is 5.11. The summed E-state index contributed by atoms with van der Waals surface area (Å²) in [6.07, 6.45) is 2.72. The lowest BCUT2D eigenvalue weighted by Gasteiger charge is -2.24. The van der Waals surface area contributed by atoms with Crippen LogP contribution >= 0.6 is 11.3 Å². The van der Waals surface area contributed by atoms with Crippen molar-refractivity contribution in [2.75, 3.05) is 20.1 Å². The van der Waals surface area contributed by atoms with Gasteiger partial charge < -0.3 is 0 Å². The molecule has 3 rings (SSSR count). The fraction of sp³-hybridized carbons (Fsp3) is 0.611. The molecule has 0 aliphatic carbocycles. The number of nitrogens with zero attached hydrogens (tertiary/aromatic N) is 3. The van der Waals surface area contributed by atoms with Crippen LogP contribution < -0.4 is 0 Å². The highest BCUT2D eigenvalue weighted by atomic mass is 32.1. The molecule has 0 saturated carbocycles. The van der Waals surface area contributed by atoms with E-state index in [0.717, 1.165) is 18.8 Å². The fourth-order valence-corrected chi connectivity index (χ4v) is 4.51. The first-order valence-electron chi connectivity index (χ1n) is 8.55. The van der Waals surface area contributed by atoms with Crippen LogP contribution in [0.1, 0.15) is 53.2 Å². The van der Waals surface area contributed by atoms with E-state index in [-0.39, 0.29) is 0 Å². The Kier molecular flexibility index (Phi) is 5.19. The molecule has 2 aromatic rings. The van der Waals surface area contributed by atoms with Crippen molar-refractivity contribution in [1.29, 1.82) is 0 Å².